The maximum atomic E-state index is 14.0. The average molecular weight is 603 g/mol. The van der Waals surface area contributed by atoms with Crippen molar-refractivity contribution in [1.82, 2.24) is 25.1 Å². The van der Waals surface area contributed by atoms with E-state index in [1.165, 1.54) is 20.8 Å². The Balaban J connectivity index is 1.86. The summed E-state index contributed by atoms with van der Waals surface area (Å²) < 4.78 is 113. The van der Waals surface area contributed by atoms with Crippen molar-refractivity contribution < 1.29 is 59.0 Å². The summed E-state index contributed by atoms with van der Waals surface area (Å²) in [5.74, 6) is -9.71. The zero-order valence-corrected chi connectivity index (χ0v) is 21.9. The molecule has 0 aliphatic carbocycles. The van der Waals surface area contributed by atoms with E-state index in [1.807, 2.05) is 0 Å². The van der Waals surface area contributed by atoms with Crippen molar-refractivity contribution in [2.24, 2.45) is 0 Å². The van der Waals surface area contributed by atoms with Crippen LogP contribution in [0.2, 0.25) is 0 Å². The van der Waals surface area contributed by atoms with Crippen LogP contribution in [0.15, 0.2) is 0 Å². The van der Waals surface area contributed by atoms with Crippen LogP contribution in [0.25, 0.3) is 0 Å². The Morgan fingerprint density at radius 1 is 1.02 bits per heavy atom. The van der Waals surface area contributed by atoms with E-state index in [2.05, 4.69) is 15.3 Å². The maximum Gasteiger partial charge on any atom is 0.451 e. The van der Waals surface area contributed by atoms with E-state index in [0.29, 0.717) is 0 Å². The quantitative estimate of drug-likeness (QED) is 0.404. The molecule has 10 nitrogen and oxygen atoms in total. The van der Waals surface area contributed by atoms with Crippen LogP contribution in [0.4, 0.5) is 39.9 Å². The smallest absolute Gasteiger partial charge is 0.444 e. The Morgan fingerprint density at radius 3 is 2.22 bits per heavy atom. The van der Waals surface area contributed by atoms with Crippen LogP contribution in [0, 0.1) is 0 Å². The summed E-state index contributed by atoms with van der Waals surface area (Å²) in [6, 6.07) is -1.50. The Labute approximate surface area is 227 Å². The second kappa shape index (κ2) is 11.0. The number of alkyl halides is 8. The molecule has 3 heterocycles. The van der Waals surface area contributed by atoms with Gasteiger partial charge in [-0.15, -0.1) is 0 Å². The van der Waals surface area contributed by atoms with Gasteiger partial charge in [0.05, 0.1) is 18.3 Å². The molecule has 2 aliphatic heterocycles. The Kier molecular flexibility index (Phi) is 8.56. The molecule has 1 N–H and O–H groups in total. The van der Waals surface area contributed by atoms with Gasteiger partial charge in [0.25, 0.3) is 5.91 Å². The molecule has 18 heteroatoms. The minimum atomic E-state index is -5.32. The van der Waals surface area contributed by atoms with Gasteiger partial charge < -0.3 is 15.0 Å². The molecule has 41 heavy (non-hydrogen) atoms. The fourth-order valence-corrected chi connectivity index (χ4v) is 4.20. The highest BCUT2D eigenvalue weighted by molar-refractivity contribution is 6.01. The lowest BCUT2D eigenvalue weighted by Crippen LogP contribution is -2.57. The summed E-state index contributed by atoms with van der Waals surface area (Å²) in [7, 11) is 0. The molecule has 4 amide bonds. The number of ether oxygens (including phenoxy) is 1. The first kappa shape index (κ1) is 31.9. The van der Waals surface area contributed by atoms with Gasteiger partial charge >= 0.3 is 24.4 Å². The molecule has 0 spiro atoms. The van der Waals surface area contributed by atoms with E-state index in [9.17, 15) is 54.3 Å². The Bertz CT molecular complexity index is 1230. The standard InChI is InChI=1S/C23H25F8N5O5/c1-20(2,3)41-19(40)32-11(9-36-14(37)4-6-21(24,25)18(36)39)8-15(38)35-7-5-12-13(10-35)33-17(23(29,30)31)34-16(12)22(26,27)28/h11H,4-10H2,1-3H3,(H,32,40)/t11-/m0/s1. The minimum Gasteiger partial charge on any atom is -0.444 e. The van der Waals surface area contributed by atoms with Crippen molar-refractivity contribution in [3.8, 4) is 0 Å². The number of amides is 4. The molecule has 2 aliphatic rings. The van der Waals surface area contributed by atoms with E-state index in [4.69, 9.17) is 4.74 Å². The molecule has 0 bridgehead atoms. The van der Waals surface area contributed by atoms with Gasteiger partial charge in [-0.3, -0.25) is 19.3 Å². The summed E-state index contributed by atoms with van der Waals surface area (Å²) in [6.07, 6.45) is -14.8. The summed E-state index contributed by atoms with van der Waals surface area (Å²) in [5.41, 5.74) is -4.15. The number of likely N-dealkylation sites (tertiary alicyclic amines) is 1. The van der Waals surface area contributed by atoms with E-state index in [1.54, 1.807) is 0 Å². The lowest BCUT2D eigenvalue weighted by Gasteiger charge is -2.34. The molecule has 1 fully saturated rings. The second-order valence-electron chi connectivity index (χ2n) is 10.4. The van der Waals surface area contributed by atoms with Gasteiger partial charge in [0.2, 0.25) is 17.6 Å². The molecule has 0 radical (unpaired) electrons. The number of nitrogens with zero attached hydrogens (tertiary/aromatic N) is 4. The normalized spacial score (nSPS) is 18.6. The maximum absolute atomic E-state index is 14.0. The van der Waals surface area contributed by atoms with Crippen LogP contribution >= 0.6 is 0 Å². The number of alkyl carbamates (subject to hydrolysis) is 1. The number of rotatable bonds is 5. The number of nitrogens with one attached hydrogen (secondary N) is 1. The number of carbonyl (C=O) groups excluding carboxylic acids is 4. The highest BCUT2D eigenvalue weighted by Gasteiger charge is 2.49. The predicted molar refractivity (Wildman–Crippen MR) is 120 cm³/mol. The van der Waals surface area contributed by atoms with Crippen molar-refractivity contribution in [2.75, 3.05) is 13.1 Å². The molecule has 0 unspecified atom stereocenters. The third-order valence-corrected chi connectivity index (χ3v) is 6.00. The number of halogens is 8. The van der Waals surface area contributed by atoms with Gasteiger partial charge in [0.1, 0.15) is 5.60 Å². The molecule has 228 valence electrons. The lowest BCUT2D eigenvalue weighted by molar-refractivity contribution is -0.172. The number of aromatic nitrogens is 2. The van der Waals surface area contributed by atoms with Crippen LogP contribution in [-0.4, -0.2) is 74.2 Å². The van der Waals surface area contributed by atoms with Gasteiger partial charge in [-0.1, -0.05) is 0 Å². The number of piperidine rings is 1. The molecule has 1 saturated heterocycles. The molecule has 1 atom stereocenters. The zero-order chi connectivity index (χ0) is 31.1. The molecule has 0 aromatic carbocycles. The Hall–Kier alpha value is -3.60. The second-order valence-corrected chi connectivity index (χ2v) is 10.4. The van der Waals surface area contributed by atoms with Gasteiger partial charge in [-0.25, -0.2) is 14.8 Å². The van der Waals surface area contributed by atoms with Crippen molar-refractivity contribution in [2.45, 2.75) is 82.9 Å². The molecule has 0 saturated carbocycles. The van der Waals surface area contributed by atoms with Gasteiger partial charge in [-0.2, -0.15) is 35.1 Å². The first-order valence-electron chi connectivity index (χ1n) is 12.1. The first-order valence-corrected chi connectivity index (χ1v) is 12.1. The van der Waals surface area contributed by atoms with E-state index in [0.717, 1.165) is 4.90 Å². The van der Waals surface area contributed by atoms with Crippen LogP contribution < -0.4 is 5.32 Å². The molecular formula is C23H25F8N5O5. The van der Waals surface area contributed by atoms with Crippen LogP contribution in [0.3, 0.4) is 0 Å². The lowest BCUT2D eigenvalue weighted by atomic mass is 10.0. The third kappa shape index (κ3) is 7.78. The summed E-state index contributed by atoms with van der Waals surface area (Å²) >= 11 is 0. The van der Waals surface area contributed by atoms with Gasteiger partial charge in [0.15, 0.2) is 5.69 Å². The summed E-state index contributed by atoms with van der Waals surface area (Å²) in [4.78, 5) is 56.7. The fourth-order valence-electron chi connectivity index (χ4n) is 4.20. The number of fused-ring (bicyclic) bond motifs is 1. The number of hydrogen-bond acceptors (Lipinski definition) is 7. The zero-order valence-electron chi connectivity index (χ0n) is 21.9. The van der Waals surface area contributed by atoms with Crippen molar-refractivity contribution in [3.05, 3.63) is 22.8 Å². The monoisotopic (exact) mass is 603 g/mol. The highest BCUT2D eigenvalue weighted by atomic mass is 19.4. The SMILES string of the molecule is CC(C)(C)OC(=O)N[C@@H](CC(=O)N1CCc2c(nc(C(F)(F)F)nc2C(F)(F)F)C1)CN1C(=O)CCC(F)(F)C1=O. The van der Waals surface area contributed by atoms with Crippen LogP contribution in [0.1, 0.15) is 62.8 Å². The van der Waals surface area contributed by atoms with Crippen molar-refractivity contribution >= 4 is 23.8 Å². The molecular weight excluding hydrogens is 578 g/mol. The van der Waals surface area contributed by atoms with Crippen LogP contribution in [0.5, 0.6) is 0 Å². The third-order valence-electron chi connectivity index (χ3n) is 6.00. The fraction of sp³-hybridized carbons (Fsp3) is 0.652. The summed E-state index contributed by atoms with van der Waals surface area (Å²) in [6.45, 7) is 2.39. The average Bonchev–Trinajstić information content (AvgIpc) is 2.80. The molecule has 1 aromatic rings. The topological polar surface area (TPSA) is 122 Å². The van der Waals surface area contributed by atoms with E-state index >= 15 is 0 Å². The van der Waals surface area contributed by atoms with Crippen molar-refractivity contribution in [3.63, 3.8) is 0 Å². The number of imide groups is 1. The molecule has 3 rings (SSSR count). The highest BCUT2D eigenvalue weighted by Crippen LogP contribution is 2.37. The summed E-state index contributed by atoms with van der Waals surface area (Å²) in [5, 5.41) is 2.21. The first-order chi connectivity index (χ1) is 18.6. The van der Waals surface area contributed by atoms with Crippen molar-refractivity contribution in [1.29, 1.82) is 0 Å². The van der Waals surface area contributed by atoms with E-state index < -0.39 is 122 Å². The van der Waals surface area contributed by atoms with Crippen LogP contribution in [-0.2, 0) is 44.4 Å². The molecule has 1 aromatic heterocycles. The van der Waals surface area contributed by atoms with E-state index in [-0.39, 0.29) is 4.90 Å². The minimum absolute atomic E-state index is 0.183. The number of hydrogen-bond donors (Lipinski definition) is 1. The van der Waals surface area contributed by atoms with Gasteiger partial charge in [0, 0.05) is 37.9 Å². The largest absolute Gasteiger partial charge is 0.451 e. The predicted octanol–water partition coefficient (Wildman–Crippen LogP) is 3.47. The Morgan fingerprint density at radius 2 is 1.66 bits per heavy atom. The number of carbonyl (C=O) groups is 4. The van der Waals surface area contributed by atoms with Gasteiger partial charge in [-0.05, 0) is 27.2 Å².